The molecule has 0 aromatic heterocycles. The molecule has 1 aliphatic carbocycles. The molecule has 1 aliphatic rings. The van der Waals surface area contributed by atoms with Crippen molar-refractivity contribution < 1.29 is 19.8 Å². The summed E-state index contributed by atoms with van der Waals surface area (Å²) in [6, 6.07) is 19.4. The molecule has 4 nitrogen and oxygen atoms in total. The van der Waals surface area contributed by atoms with Gasteiger partial charge in [-0.15, -0.1) is 0 Å². The SMILES string of the molecule is O=C(O)/C=C/C1C(C(=O)O)C(/C=C/c2ccccc2)C1c1ccccc1. The second-order valence-corrected chi connectivity index (χ2v) is 6.42. The summed E-state index contributed by atoms with van der Waals surface area (Å²) in [6.07, 6.45) is 6.45. The lowest BCUT2D eigenvalue weighted by atomic mass is 9.54. The van der Waals surface area contributed by atoms with E-state index in [-0.39, 0.29) is 17.8 Å². The molecule has 26 heavy (non-hydrogen) atoms. The second-order valence-electron chi connectivity index (χ2n) is 6.42. The van der Waals surface area contributed by atoms with Gasteiger partial charge < -0.3 is 10.2 Å². The van der Waals surface area contributed by atoms with Gasteiger partial charge in [0.2, 0.25) is 0 Å². The highest BCUT2D eigenvalue weighted by molar-refractivity contribution is 5.80. The predicted octanol–water partition coefficient (Wildman–Crippen LogP) is 4.07. The van der Waals surface area contributed by atoms with Gasteiger partial charge in [-0.25, -0.2) is 4.79 Å². The molecule has 132 valence electrons. The molecular formula is C22H20O4. The van der Waals surface area contributed by atoms with E-state index in [1.807, 2.05) is 72.8 Å². The van der Waals surface area contributed by atoms with Crippen LogP contribution in [-0.2, 0) is 9.59 Å². The molecule has 0 aliphatic heterocycles. The maximum atomic E-state index is 11.8. The monoisotopic (exact) mass is 348 g/mol. The van der Waals surface area contributed by atoms with E-state index in [0.717, 1.165) is 17.2 Å². The zero-order chi connectivity index (χ0) is 18.5. The summed E-state index contributed by atoms with van der Waals surface area (Å²) in [6.45, 7) is 0. The van der Waals surface area contributed by atoms with Gasteiger partial charge in [-0.05, 0) is 28.9 Å². The third-order valence-corrected chi connectivity index (χ3v) is 4.90. The van der Waals surface area contributed by atoms with E-state index in [9.17, 15) is 14.7 Å². The lowest BCUT2D eigenvalue weighted by molar-refractivity contribution is -0.150. The van der Waals surface area contributed by atoms with Crippen LogP contribution in [-0.4, -0.2) is 22.2 Å². The Labute approximate surface area is 152 Å². The highest BCUT2D eigenvalue weighted by atomic mass is 16.4. The molecule has 4 heteroatoms. The minimum absolute atomic E-state index is 0.0622. The van der Waals surface area contributed by atoms with Crippen molar-refractivity contribution in [1.29, 1.82) is 0 Å². The quantitative estimate of drug-likeness (QED) is 0.772. The van der Waals surface area contributed by atoms with Crippen LogP contribution < -0.4 is 0 Å². The van der Waals surface area contributed by atoms with Gasteiger partial charge in [-0.2, -0.15) is 0 Å². The number of carboxylic acids is 2. The van der Waals surface area contributed by atoms with Crippen molar-refractivity contribution in [2.45, 2.75) is 5.92 Å². The lowest BCUT2D eigenvalue weighted by Crippen LogP contribution is -2.47. The van der Waals surface area contributed by atoms with Crippen molar-refractivity contribution in [3.63, 3.8) is 0 Å². The number of hydrogen-bond donors (Lipinski definition) is 2. The molecule has 0 saturated heterocycles. The van der Waals surface area contributed by atoms with Gasteiger partial charge >= 0.3 is 11.9 Å². The first-order valence-corrected chi connectivity index (χ1v) is 8.50. The normalized spacial score (nSPS) is 25.2. The first-order chi connectivity index (χ1) is 12.6. The molecule has 3 rings (SSSR count). The van der Waals surface area contributed by atoms with Crippen LogP contribution in [0, 0.1) is 17.8 Å². The van der Waals surface area contributed by atoms with Crippen molar-refractivity contribution in [3.05, 3.63) is 90.0 Å². The van der Waals surface area contributed by atoms with Crippen LogP contribution in [0.4, 0.5) is 0 Å². The zero-order valence-electron chi connectivity index (χ0n) is 14.1. The highest BCUT2D eigenvalue weighted by Gasteiger charge is 2.52. The average Bonchev–Trinajstić information content (AvgIpc) is 2.61. The van der Waals surface area contributed by atoms with Gasteiger partial charge in [0.25, 0.3) is 0 Å². The maximum Gasteiger partial charge on any atom is 0.327 e. The van der Waals surface area contributed by atoms with Gasteiger partial charge in [0.05, 0.1) is 5.92 Å². The molecule has 4 atom stereocenters. The van der Waals surface area contributed by atoms with E-state index in [0.29, 0.717) is 0 Å². The molecule has 0 amide bonds. The molecule has 1 fully saturated rings. The summed E-state index contributed by atoms with van der Waals surface area (Å²) in [4.78, 5) is 22.7. The third kappa shape index (κ3) is 3.75. The average molecular weight is 348 g/mol. The molecule has 4 unspecified atom stereocenters. The minimum atomic E-state index is -1.07. The van der Waals surface area contributed by atoms with Crippen LogP contribution in [0.1, 0.15) is 17.0 Å². The fourth-order valence-electron chi connectivity index (χ4n) is 3.72. The van der Waals surface area contributed by atoms with Crippen LogP contribution in [0.5, 0.6) is 0 Å². The van der Waals surface area contributed by atoms with Crippen molar-refractivity contribution in [2.75, 3.05) is 0 Å². The Balaban J connectivity index is 1.94. The fourth-order valence-corrected chi connectivity index (χ4v) is 3.72. The summed E-state index contributed by atoms with van der Waals surface area (Å²) in [5, 5.41) is 18.6. The van der Waals surface area contributed by atoms with E-state index in [4.69, 9.17) is 5.11 Å². The molecule has 0 heterocycles. The molecule has 2 N–H and O–H groups in total. The van der Waals surface area contributed by atoms with Gasteiger partial charge in [-0.1, -0.05) is 78.9 Å². The van der Waals surface area contributed by atoms with Crippen LogP contribution in [0.25, 0.3) is 6.08 Å². The summed E-state index contributed by atoms with van der Waals surface area (Å²) < 4.78 is 0. The first-order valence-electron chi connectivity index (χ1n) is 8.50. The molecule has 0 bridgehead atoms. The number of benzene rings is 2. The van der Waals surface area contributed by atoms with E-state index in [1.54, 1.807) is 0 Å². The van der Waals surface area contributed by atoms with Gasteiger partial charge in [-0.3, -0.25) is 4.79 Å². The minimum Gasteiger partial charge on any atom is -0.481 e. The number of carbonyl (C=O) groups is 2. The Hall–Kier alpha value is -3.14. The second kappa shape index (κ2) is 7.83. The highest BCUT2D eigenvalue weighted by Crippen LogP contribution is 2.54. The van der Waals surface area contributed by atoms with E-state index < -0.39 is 17.9 Å². The summed E-state index contributed by atoms with van der Waals surface area (Å²) in [5.41, 5.74) is 2.03. The van der Waals surface area contributed by atoms with Crippen LogP contribution >= 0.6 is 0 Å². The van der Waals surface area contributed by atoms with Gasteiger partial charge in [0.15, 0.2) is 0 Å². The molecule has 2 aromatic carbocycles. The molecular weight excluding hydrogens is 328 g/mol. The molecule has 2 aromatic rings. The smallest absolute Gasteiger partial charge is 0.327 e. The number of allylic oxidation sites excluding steroid dienone is 2. The molecule has 1 saturated carbocycles. The Morgan fingerprint density at radius 3 is 1.96 bits per heavy atom. The number of aliphatic carboxylic acids is 2. The first kappa shape index (κ1) is 17.7. The van der Waals surface area contributed by atoms with Crippen molar-refractivity contribution in [1.82, 2.24) is 0 Å². The summed E-state index contributed by atoms with van der Waals surface area (Å²) in [7, 11) is 0. The maximum absolute atomic E-state index is 11.8. The van der Waals surface area contributed by atoms with E-state index >= 15 is 0 Å². The van der Waals surface area contributed by atoms with Crippen molar-refractivity contribution in [3.8, 4) is 0 Å². The summed E-state index contributed by atoms with van der Waals surface area (Å²) >= 11 is 0. The zero-order valence-corrected chi connectivity index (χ0v) is 14.1. The molecule has 0 radical (unpaired) electrons. The van der Waals surface area contributed by atoms with Crippen LogP contribution in [0.15, 0.2) is 78.9 Å². The van der Waals surface area contributed by atoms with Crippen molar-refractivity contribution >= 4 is 18.0 Å². The Kier molecular flexibility index (Phi) is 5.32. The Bertz CT molecular complexity index is 824. The topological polar surface area (TPSA) is 74.6 Å². The van der Waals surface area contributed by atoms with Crippen LogP contribution in [0.3, 0.4) is 0 Å². The van der Waals surface area contributed by atoms with E-state index in [2.05, 4.69) is 0 Å². The van der Waals surface area contributed by atoms with Crippen molar-refractivity contribution in [2.24, 2.45) is 17.8 Å². The van der Waals surface area contributed by atoms with E-state index in [1.165, 1.54) is 6.08 Å². The number of carboxylic acid groups (broad SMARTS) is 2. The number of rotatable bonds is 6. The van der Waals surface area contributed by atoms with Gasteiger partial charge in [0.1, 0.15) is 0 Å². The Morgan fingerprint density at radius 1 is 0.808 bits per heavy atom. The molecule has 0 spiro atoms. The fraction of sp³-hybridized carbons (Fsp3) is 0.182. The third-order valence-electron chi connectivity index (χ3n) is 4.90. The largest absolute Gasteiger partial charge is 0.481 e. The predicted molar refractivity (Wildman–Crippen MR) is 99.5 cm³/mol. The van der Waals surface area contributed by atoms with Gasteiger partial charge in [0, 0.05) is 6.08 Å². The standard InChI is InChI=1S/C22H20O4/c23-19(24)14-13-18-20(16-9-5-2-6-10-16)17(21(18)22(25)26)12-11-15-7-3-1-4-8-15/h1-14,17-18,20-21H,(H,23,24)(H,25,26)/b12-11+,14-13+. The lowest BCUT2D eigenvalue weighted by Gasteiger charge is -2.48. The van der Waals surface area contributed by atoms with Crippen LogP contribution in [0.2, 0.25) is 0 Å². The summed E-state index contributed by atoms with van der Waals surface area (Å²) in [5.74, 6) is -3.22. The Morgan fingerprint density at radius 2 is 1.38 bits per heavy atom. The number of hydrogen-bond acceptors (Lipinski definition) is 2.